The van der Waals surface area contributed by atoms with E-state index in [9.17, 15) is 0 Å². The second-order valence-electron chi connectivity index (χ2n) is 3.95. The van der Waals surface area contributed by atoms with E-state index in [-0.39, 0.29) is 0 Å². The molecule has 4 heteroatoms. The molecule has 1 aromatic heterocycles. The van der Waals surface area contributed by atoms with E-state index in [0.717, 1.165) is 29.0 Å². The van der Waals surface area contributed by atoms with Crippen molar-refractivity contribution in [3.8, 4) is 0 Å². The number of nitrogens with zero attached hydrogens (tertiary/aromatic N) is 2. The lowest BCUT2D eigenvalue weighted by Gasteiger charge is -2.16. The highest BCUT2D eigenvalue weighted by atomic mass is 79.9. The standard InChI is InChI=1S/C12H18BrClN2/c1-16(8-4-2-3-6-13)10-11-5-7-15-9-12(11)14/h5,7,9H,2-4,6,8,10H2,1H3. The number of hydrogen-bond donors (Lipinski definition) is 0. The third-order valence-electron chi connectivity index (χ3n) is 2.47. The number of halogens is 2. The highest BCUT2D eigenvalue weighted by Gasteiger charge is 2.03. The van der Waals surface area contributed by atoms with Gasteiger partial charge < -0.3 is 4.90 Å². The Labute approximate surface area is 111 Å². The summed E-state index contributed by atoms with van der Waals surface area (Å²) in [6.07, 6.45) is 7.27. The molecular weight excluding hydrogens is 288 g/mol. The SMILES string of the molecule is CN(CCCCCBr)Cc1ccncc1Cl. The van der Waals surface area contributed by atoms with Crippen molar-refractivity contribution >= 4 is 27.5 Å². The van der Waals surface area contributed by atoms with E-state index in [4.69, 9.17) is 11.6 Å². The van der Waals surface area contributed by atoms with Crippen LogP contribution in [-0.2, 0) is 6.54 Å². The van der Waals surface area contributed by atoms with Crippen LogP contribution in [0.15, 0.2) is 18.5 Å². The van der Waals surface area contributed by atoms with Crippen LogP contribution in [0.3, 0.4) is 0 Å². The van der Waals surface area contributed by atoms with Gasteiger partial charge in [0.1, 0.15) is 0 Å². The largest absolute Gasteiger partial charge is 0.302 e. The monoisotopic (exact) mass is 304 g/mol. The normalized spacial score (nSPS) is 11.0. The van der Waals surface area contributed by atoms with Crippen LogP contribution in [0.25, 0.3) is 0 Å². The minimum Gasteiger partial charge on any atom is -0.302 e. The average Bonchev–Trinajstić information content (AvgIpc) is 2.28. The Morgan fingerprint density at radius 2 is 2.19 bits per heavy atom. The predicted molar refractivity (Wildman–Crippen MR) is 73.2 cm³/mol. The highest BCUT2D eigenvalue weighted by Crippen LogP contribution is 2.15. The summed E-state index contributed by atoms with van der Waals surface area (Å²) < 4.78 is 0. The van der Waals surface area contributed by atoms with Crippen molar-refractivity contribution in [2.45, 2.75) is 25.8 Å². The molecule has 0 aliphatic heterocycles. The van der Waals surface area contributed by atoms with Gasteiger partial charge in [-0.3, -0.25) is 4.98 Å². The van der Waals surface area contributed by atoms with Crippen molar-refractivity contribution in [3.05, 3.63) is 29.0 Å². The van der Waals surface area contributed by atoms with Crippen molar-refractivity contribution in [2.24, 2.45) is 0 Å². The lowest BCUT2D eigenvalue weighted by Crippen LogP contribution is -2.19. The molecule has 0 aliphatic carbocycles. The molecule has 16 heavy (non-hydrogen) atoms. The fourth-order valence-corrected chi connectivity index (χ4v) is 2.13. The Balaban J connectivity index is 2.28. The van der Waals surface area contributed by atoms with Crippen LogP contribution in [0.2, 0.25) is 5.02 Å². The first-order chi connectivity index (χ1) is 7.74. The molecule has 0 unspecified atom stereocenters. The van der Waals surface area contributed by atoms with Gasteiger partial charge in [-0.25, -0.2) is 0 Å². The zero-order valence-corrected chi connectivity index (χ0v) is 12.0. The molecule has 2 nitrogen and oxygen atoms in total. The first-order valence-corrected chi connectivity index (χ1v) is 7.07. The van der Waals surface area contributed by atoms with E-state index in [1.807, 2.05) is 6.07 Å². The van der Waals surface area contributed by atoms with E-state index in [0.29, 0.717) is 0 Å². The maximum Gasteiger partial charge on any atom is 0.0634 e. The second kappa shape index (κ2) is 8.04. The maximum atomic E-state index is 6.06. The molecule has 0 N–H and O–H groups in total. The maximum absolute atomic E-state index is 6.06. The fourth-order valence-electron chi connectivity index (χ4n) is 1.56. The molecule has 0 saturated heterocycles. The lowest BCUT2D eigenvalue weighted by atomic mass is 10.2. The molecule has 90 valence electrons. The van der Waals surface area contributed by atoms with Crippen LogP contribution in [0, 0.1) is 0 Å². The van der Waals surface area contributed by atoms with E-state index in [1.54, 1.807) is 12.4 Å². The Kier molecular flexibility index (Phi) is 7.01. The van der Waals surface area contributed by atoms with Crippen LogP contribution in [0.4, 0.5) is 0 Å². The van der Waals surface area contributed by atoms with Gasteiger partial charge in [-0.05, 0) is 38.1 Å². The summed E-state index contributed by atoms with van der Waals surface area (Å²) in [6.45, 7) is 2.02. The third-order valence-corrected chi connectivity index (χ3v) is 3.37. The van der Waals surface area contributed by atoms with Gasteiger partial charge in [-0.1, -0.05) is 34.0 Å². The van der Waals surface area contributed by atoms with Gasteiger partial charge in [0.15, 0.2) is 0 Å². The highest BCUT2D eigenvalue weighted by molar-refractivity contribution is 9.09. The third kappa shape index (κ3) is 5.28. The summed E-state index contributed by atoms with van der Waals surface area (Å²) in [4.78, 5) is 6.28. The van der Waals surface area contributed by atoms with Gasteiger partial charge >= 0.3 is 0 Å². The Bertz CT molecular complexity index is 307. The second-order valence-corrected chi connectivity index (χ2v) is 5.15. The van der Waals surface area contributed by atoms with Crippen molar-refractivity contribution < 1.29 is 0 Å². The van der Waals surface area contributed by atoms with Gasteiger partial charge in [0.05, 0.1) is 5.02 Å². The van der Waals surface area contributed by atoms with Crippen LogP contribution in [0.1, 0.15) is 24.8 Å². The summed E-state index contributed by atoms with van der Waals surface area (Å²) in [5, 5.41) is 1.86. The van der Waals surface area contributed by atoms with Crippen LogP contribution in [0.5, 0.6) is 0 Å². The molecule has 1 heterocycles. The van der Waals surface area contributed by atoms with Gasteiger partial charge in [0.2, 0.25) is 0 Å². The average molecular weight is 306 g/mol. The van der Waals surface area contributed by atoms with Crippen molar-refractivity contribution in [1.82, 2.24) is 9.88 Å². The first kappa shape index (κ1) is 13.9. The topological polar surface area (TPSA) is 16.1 Å². The minimum absolute atomic E-state index is 0.759. The molecule has 1 aromatic rings. The minimum atomic E-state index is 0.759. The van der Waals surface area contributed by atoms with Gasteiger partial charge in [0, 0.05) is 24.3 Å². The molecular formula is C12H18BrClN2. The Hall–Kier alpha value is -0.120. The molecule has 0 amide bonds. The number of alkyl halides is 1. The zero-order chi connectivity index (χ0) is 11.8. The number of hydrogen-bond acceptors (Lipinski definition) is 2. The van der Waals surface area contributed by atoms with Gasteiger partial charge in [-0.2, -0.15) is 0 Å². The number of aromatic nitrogens is 1. The van der Waals surface area contributed by atoms with E-state index in [1.165, 1.54) is 19.3 Å². The number of pyridine rings is 1. The summed E-state index contributed by atoms with van der Waals surface area (Å²) in [5.74, 6) is 0. The van der Waals surface area contributed by atoms with E-state index >= 15 is 0 Å². The molecule has 0 saturated carbocycles. The van der Waals surface area contributed by atoms with E-state index in [2.05, 4.69) is 32.9 Å². The Morgan fingerprint density at radius 3 is 2.88 bits per heavy atom. The van der Waals surface area contributed by atoms with Gasteiger partial charge in [0.25, 0.3) is 0 Å². The summed E-state index contributed by atoms with van der Waals surface area (Å²) in [5.41, 5.74) is 1.15. The molecule has 0 spiro atoms. The van der Waals surface area contributed by atoms with E-state index < -0.39 is 0 Å². The van der Waals surface area contributed by atoms with Crippen molar-refractivity contribution in [2.75, 3.05) is 18.9 Å². The molecule has 0 aliphatic rings. The fraction of sp³-hybridized carbons (Fsp3) is 0.583. The molecule has 0 fully saturated rings. The number of unbranched alkanes of at least 4 members (excludes halogenated alkanes) is 2. The number of rotatable bonds is 7. The summed E-state index contributed by atoms with van der Waals surface area (Å²) >= 11 is 9.50. The molecule has 0 radical (unpaired) electrons. The summed E-state index contributed by atoms with van der Waals surface area (Å²) in [6, 6.07) is 1.98. The smallest absolute Gasteiger partial charge is 0.0634 e. The lowest BCUT2D eigenvalue weighted by molar-refractivity contribution is 0.318. The zero-order valence-electron chi connectivity index (χ0n) is 9.63. The quantitative estimate of drug-likeness (QED) is 0.563. The molecule has 0 bridgehead atoms. The van der Waals surface area contributed by atoms with Gasteiger partial charge in [-0.15, -0.1) is 0 Å². The summed E-state index contributed by atoms with van der Waals surface area (Å²) in [7, 11) is 2.13. The van der Waals surface area contributed by atoms with Crippen LogP contribution < -0.4 is 0 Å². The Morgan fingerprint density at radius 1 is 1.38 bits per heavy atom. The van der Waals surface area contributed by atoms with Crippen LogP contribution >= 0.6 is 27.5 Å². The molecule has 0 atom stereocenters. The predicted octanol–water partition coefficient (Wildman–Crippen LogP) is 3.73. The first-order valence-electron chi connectivity index (χ1n) is 5.57. The molecule has 0 aromatic carbocycles. The van der Waals surface area contributed by atoms with Crippen molar-refractivity contribution in [3.63, 3.8) is 0 Å². The van der Waals surface area contributed by atoms with Crippen LogP contribution in [-0.4, -0.2) is 28.8 Å². The van der Waals surface area contributed by atoms with Crippen molar-refractivity contribution in [1.29, 1.82) is 0 Å². The molecule has 1 rings (SSSR count).